The molecule has 0 spiro atoms. The van der Waals surface area contributed by atoms with Crippen molar-refractivity contribution in [1.82, 2.24) is 4.31 Å². The molecule has 2 aromatic rings. The molecule has 3 rings (SSSR count). The number of hydrogen-bond donors (Lipinski definition) is 1. The van der Waals surface area contributed by atoms with Gasteiger partial charge >= 0.3 is 0 Å². The quantitative estimate of drug-likeness (QED) is 0.845. The molecule has 5 nitrogen and oxygen atoms in total. The van der Waals surface area contributed by atoms with Crippen LogP contribution in [0, 0.1) is 33.6 Å². The summed E-state index contributed by atoms with van der Waals surface area (Å²) in [5.74, 6) is -0.475. The molecule has 2 aromatic carbocycles. The van der Waals surface area contributed by atoms with Crippen molar-refractivity contribution in [3.8, 4) is 0 Å². The van der Waals surface area contributed by atoms with Crippen LogP contribution in [0.4, 0.5) is 5.69 Å². The second-order valence-corrected chi connectivity index (χ2v) is 9.66. The maximum absolute atomic E-state index is 13.3. The Morgan fingerprint density at radius 3 is 2.21 bits per heavy atom. The first-order chi connectivity index (χ1) is 13.2. The van der Waals surface area contributed by atoms with Crippen molar-refractivity contribution in [2.24, 2.45) is 5.92 Å². The van der Waals surface area contributed by atoms with Crippen molar-refractivity contribution < 1.29 is 13.2 Å². The molecule has 150 valence electrons. The summed E-state index contributed by atoms with van der Waals surface area (Å²) in [5.41, 5.74) is 4.41. The number of rotatable bonds is 4. The summed E-state index contributed by atoms with van der Waals surface area (Å²) in [4.78, 5) is 13.1. The Morgan fingerprint density at radius 1 is 1.00 bits per heavy atom. The number of hydrogen-bond acceptors (Lipinski definition) is 3. The molecule has 0 aliphatic carbocycles. The molecule has 1 N–H and O–H groups in total. The Morgan fingerprint density at radius 2 is 1.61 bits per heavy atom. The van der Waals surface area contributed by atoms with E-state index in [1.54, 1.807) is 0 Å². The number of benzene rings is 2. The second kappa shape index (κ2) is 8.05. The number of anilines is 1. The Hall–Kier alpha value is -2.18. The van der Waals surface area contributed by atoms with E-state index in [1.807, 2.05) is 64.1 Å². The molecule has 0 unspecified atom stereocenters. The lowest BCUT2D eigenvalue weighted by Gasteiger charge is -2.32. The van der Waals surface area contributed by atoms with Gasteiger partial charge in [0, 0.05) is 18.8 Å². The first-order valence-corrected chi connectivity index (χ1v) is 11.1. The fraction of sp³-hybridized carbons (Fsp3) is 0.409. The third-order valence-electron chi connectivity index (χ3n) is 5.28. The third kappa shape index (κ3) is 4.28. The maximum atomic E-state index is 13.3. The van der Waals surface area contributed by atoms with Crippen molar-refractivity contribution in [1.29, 1.82) is 0 Å². The maximum Gasteiger partial charge on any atom is 0.243 e. The highest BCUT2D eigenvalue weighted by molar-refractivity contribution is 7.89. The van der Waals surface area contributed by atoms with Crippen LogP contribution in [0.2, 0.25) is 0 Å². The first kappa shape index (κ1) is 20.6. The van der Waals surface area contributed by atoms with Crippen LogP contribution in [0.15, 0.2) is 41.3 Å². The predicted octanol–water partition coefficient (Wildman–Crippen LogP) is 3.96. The Labute approximate surface area is 167 Å². The van der Waals surface area contributed by atoms with E-state index in [0.717, 1.165) is 27.9 Å². The molecule has 1 saturated heterocycles. The molecule has 1 aliphatic heterocycles. The van der Waals surface area contributed by atoms with E-state index < -0.39 is 10.0 Å². The SMILES string of the molecule is Cc1ccc(NC(=O)[C@@H]2CCCN(S(=O)(=O)c3c(C)cc(C)cc3C)C2)cc1. The number of amides is 1. The molecule has 0 aromatic heterocycles. The van der Waals surface area contributed by atoms with E-state index in [-0.39, 0.29) is 18.4 Å². The highest BCUT2D eigenvalue weighted by atomic mass is 32.2. The summed E-state index contributed by atoms with van der Waals surface area (Å²) in [6, 6.07) is 11.4. The number of aryl methyl sites for hydroxylation is 4. The van der Waals surface area contributed by atoms with E-state index in [9.17, 15) is 13.2 Å². The van der Waals surface area contributed by atoms with Crippen LogP contribution in [0.5, 0.6) is 0 Å². The second-order valence-electron chi connectivity index (χ2n) is 7.79. The summed E-state index contributed by atoms with van der Waals surface area (Å²) in [6.07, 6.45) is 1.37. The predicted molar refractivity (Wildman–Crippen MR) is 112 cm³/mol. The molecule has 0 bridgehead atoms. The summed E-state index contributed by atoms with van der Waals surface area (Å²) in [5, 5.41) is 2.92. The fourth-order valence-corrected chi connectivity index (χ4v) is 5.89. The van der Waals surface area contributed by atoms with Gasteiger partial charge in [-0.05, 0) is 63.8 Å². The van der Waals surface area contributed by atoms with Gasteiger partial charge in [0.15, 0.2) is 0 Å². The summed E-state index contributed by atoms with van der Waals surface area (Å²) >= 11 is 0. The summed E-state index contributed by atoms with van der Waals surface area (Å²) < 4.78 is 28.1. The minimum absolute atomic E-state index is 0.124. The average Bonchev–Trinajstić information content (AvgIpc) is 2.62. The van der Waals surface area contributed by atoms with Gasteiger partial charge in [0.1, 0.15) is 0 Å². The molecule has 6 heteroatoms. The summed E-state index contributed by atoms with van der Waals surface area (Å²) in [7, 11) is -3.63. The number of nitrogens with zero attached hydrogens (tertiary/aromatic N) is 1. The monoisotopic (exact) mass is 400 g/mol. The fourth-order valence-electron chi connectivity index (χ4n) is 3.96. The van der Waals surface area contributed by atoms with Crippen LogP contribution in [-0.4, -0.2) is 31.7 Å². The van der Waals surface area contributed by atoms with Crippen molar-refractivity contribution in [3.63, 3.8) is 0 Å². The van der Waals surface area contributed by atoms with Crippen molar-refractivity contribution >= 4 is 21.6 Å². The average molecular weight is 401 g/mol. The van der Waals surface area contributed by atoms with Crippen LogP contribution in [0.25, 0.3) is 0 Å². The lowest BCUT2D eigenvalue weighted by Crippen LogP contribution is -2.44. The van der Waals surface area contributed by atoms with Gasteiger partial charge in [-0.3, -0.25) is 4.79 Å². The van der Waals surface area contributed by atoms with Gasteiger partial charge in [-0.25, -0.2) is 8.42 Å². The topological polar surface area (TPSA) is 66.5 Å². The number of nitrogens with one attached hydrogen (secondary N) is 1. The van der Waals surface area contributed by atoms with Gasteiger partial charge in [0.2, 0.25) is 15.9 Å². The molecular formula is C22H28N2O3S. The largest absolute Gasteiger partial charge is 0.326 e. The van der Waals surface area contributed by atoms with Crippen LogP contribution in [0.1, 0.15) is 35.1 Å². The van der Waals surface area contributed by atoms with E-state index >= 15 is 0 Å². The van der Waals surface area contributed by atoms with Crippen LogP contribution >= 0.6 is 0 Å². The molecule has 1 amide bonds. The van der Waals surface area contributed by atoms with E-state index in [4.69, 9.17) is 0 Å². The van der Waals surface area contributed by atoms with Gasteiger partial charge in [-0.2, -0.15) is 4.31 Å². The zero-order valence-corrected chi connectivity index (χ0v) is 17.8. The van der Waals surface area contributed by atoms with Gasteiger partial charge < -0.3 is 5.32 Å². The Bertz CT molecular complexity index is 958. The van der Waals surface area contributed by atoms with Crippen molar-refractivity contribution in [3.05, 3.63) is 58.7 Å². The first-order valence-electron chi connectivity index (χ1n) is 9.64. The van der Waals surface area contributed by atoms with E-state index in [0.29, 0.717) is 24.3 Å². The molecule has 1 fully saturated rings. The van der Waals surface area contributed by atoms with Crippen LogP contribution < -0.4 is 5.32 Å². The van der Waals surface area contributed by atoms with E-state index in [2.05, 4.69) is 5.32 Å². The standard InChI is InChI=1S/C22H28N2O3S/c1-15-7-9-20(10-8-15)23-22(25)19-6-5-11-24(14-19)28(26,27)21-17(3)12-16(2)13-18(21)4/h7-10,12-13,19H,5-6,11,14H2,1-4H3,(H,23,25)/t19-/m1/s1. The van der Waals surface area contributed by atoms with Gasteiger partial charge in [-0.1, -0.05) is 35.4 Å². The molecule has 1 heterocycles. The molecule has 1 atom stereocenters. The number of sulfonamides is 1. The smallest absolute Gasteiger partial charge is 0.243 e. The molecule has 1 aliphatic rings. The zero-order chi connectivity index (χ0) is 20.5. The lowest BCUT2D eigenvalue weighted by atomic mass is 9.98. The number of carbonyl (C=O) groups excluding carboxylic acids is 1. The lowest BCUT2D eigenvalue weighted by molar-refractivity contribution is -0.120. The molecule has 0 radical (unpaired) electrons. The minimum atomic E-state index is -3.63. The summed E-state index contributed by atoms with van der Waals surface area (Å²) in [6.45, 7) is 8.28. The Balaban J connectivity index is 1.79. The van der Waals surface area contributed by atoms with Gasteiger partial charge in [-0.15, -0.1) is 0 Å². The number of piperidine rings is 1. The van der Waals surface area contributed by atoms with Gasteiger partial charge in [0.05, 0.1) is 10.8 Å². The van der Waals surface area contributed by atoms with E-state index in [1.165, 1.54) is 4.31 Å². The minimum Gasteiger partial charge on any atom is -0.326 e. The molecular weight excluding hydrogens is 372 g/mol. The van der Waals surface area contributed by atoms with Crippen molar-refractivity contribution in [2.75, 3.05) is 18.4 Å². The zero-order valence-electron chi connectivity index (χ0n) is 17.0. The highest BCUT2D eigenvalue weighted by Crippen LogP contribution is 2.29. The third-order valence-corrected chi connectivity index (χ3v) is 7.45. The molecule has 28 heavy (non-hydrogen) atoms. The molecule has 0 saturated carbocycles. The number of carbonyl (C=O) groups is 1. The van der Waals surface area contributed by atoms with Crippen molar-refractivity contribution in [2.45, 2.75) is 45.4 Å². The van der Waals surface area contributed by atoms with Crippen LogP contribution in [0.3, 0.4) is 0 Å². The van der Waals surface area contributed by atoms with Gasteiger partial charge in [0.25, 0.3) is 0 Å². The normalized spacial score (nSPS) is 18.1. The Kier molecular flexibility index (Phi) is 5.91. The highest BCUT2D eigenvalue weighted by Gasteiger charge is 2.34. The van der Waals surface area contributed by atoms with Crippen LogP contribution in [-0.2, 0) is 14.8 Å².